The normalized spacial score (nSPS) is 18.4. The van der Waals surface area contributed by atoms with Gasteiger partial charge in [-0.05, 0) is 0 Å². The van der Waals surface area contributed by atoms with Crippen LogP contribution in [0.2, 0.25) is 0 Å². The molecular weight excluding hydrogens is 324 g/mol. The third-order valence-electron chi connectivity index (χ3n) is 2.68. The van der Waals surface area contributed by atoms with E-state index in [1.165, 1.54) is 8.61 Å². The minimum atomic E-state index is -3.37. The lowest BCUT2D eigenvalue weighted by atomic mass is 10.5. The van der Waals surface area contributed by atoms with Crippen LogP contribution in [0.5, 0.6) is 0 Å². The fraction of sp³-hybridized carbons (Fsp3) is 1.00. The zero-order chi connectivity index (χ0) is 13.4. The Morgan fingerprint density at radius 2 is 2.00 bits per heavy atom. The number of rotatable bonds is 8. The first-order valence-electron chi connectivity index (χ1n) is 6.09. The Morgan fingerprint density at radius 1 is 1.33 bits per heavy atom. The molecule has 1 fully saturated rings. The van der Waals surface area contributed by atoms with Gasteiger partial charge in [0.25, 0.3) is 10.2 Å². The molecule has 0 aromatic heterocycles. The average Bonchev–Trinajstić information content (AvgIpc) is 2.39. The van der Waals surface area contributed by atoms with Crippen molar-refractivity contribution in [1.29, 1.82) is 0 Å². The summed E-state index contributed by atoms with van der Waals surface area (Å²) in [4.78, 5) is 0. The van der Waals surface area contributed by atoms with Crippen LogP contribution < -0.4 is 0 Å². The van der Waals surface area contributed by atoms with Crippen LogP contribution in [0.1, 0.15) is 6.92 Å². The predicted molar refractivity (Wildman–Crippen MR) is 73.2 cm³/mol. The minimum Gasteiger partial charge on any atom is -0.379 e. The van der Waals surface area contributed by atoms with E-state index in [9.17, 15) is 8.42 Å². The first kappa shape index (κ1) is 16.3. The summed E-state index contributed by atoms with van der Waals surface area (Å²) in [6, 6.07) is 0. The number of alkyl halides is 1. The Hall–Kier alpha value is 0.270. The van der Waals surface area contributed by atoms with Gasteiger partial charge in [0.15, 0.2) is 0 Å². The molecule has 0 aliphatic carbocycles. The average molecular weight is 345 g/mol. The van der Waals surface area contributed by atoms with Gasteiger partial charge in [-0.1, -0.05) is 22.9 Å². The van der Waals surface area contributed by atoms with Gasteiger partial charge in [-0.2, -0.15) is 17.0 Å². The van der Waals surface area contributed by atoms with E-state index in [-0.39, 0.29) is 0 Å². The van der Waals surface area contributed by atoms with Gasteiger partial charge in [-0.3, -0.25) is 0 Å². The molecule has 0 aromatic carbocycles. The van der Waals surface area contributed by atoms with E-state index in [0.29, 0.717) is 52.6 Å². The summed E-state index contributed by atoms with van der Waals surface area (Å²) >= 11 is 3.26. The molecule has 1 rings (SSSR count). The molecule has 18 heavy (non-hydrogen) atoms. The number of morpholine rings is 1. The highest BCUT2D eigenvalue weighted by Gasteiger charge is 2.29. The molecule has 0 amide bonds. The van der Waals surface area contributed by atoms with Gasteiger partial charge in [0.1, 0.15) is 0 Å². The summed E-state index contributed by atoms with van der Waals surface area (Å²) in [6.07, 6.45) is 0. The molecule has 0 bridgehead atoms. The maximum Gasteiger partial charge on any atom is 0.282 e. The second kappa shape index (κ2) is 8.44. The highest BCUT2D eigenvalue weighted by atomic mass is 79.9. The molecule has 1 saturated heterocycles. The van der Waals surface area contributed by atoms with Crippen molar-refractivity contribution in [2.24, 2.45) is 0 Å². The first-order chi connectivity index (χ1) is 8.62. The van der Waals surface area contributed by atoms with Crippen molar-refractivity contribution in [2.75, 3.05) is 57.9 Å². The number of hydrogen-bond donors (Lipinski definition) is 0. The highest BCUT2D eigenvalue weighted by molar-refractivity contribution is 9.09. The Balaban J connectivity index is 2.50. The number of ether oxygens (including phenoxy) is 2. The van der Waals surface area contributed by atoms with Crippen LogP contribution in [0.4, 0.5) is 0 Å². The Labute approximate surface area is 118 Å². The standard InChI is InChI=1S/C10H21BrN2O4S/c1-2-12(4-8-16-7-3-11)18(14,15)13-5-9-17-10-6-13/h2-10H2,1H3. The van der Waals surface area contributed by atoms with Gasteiger partial charge in [0.2, 0.25) is 0 Å². The Bertz CT molecular complexity index is 320. The molecule has 1 aliphatic rings. The smallest absolute Gasteiger partial charge is 0.282 e. The lowest BCUT2D eigenvalue weighted by molar-refractivity contribution is 0.0690. The topological polar surface area (TPSA) is 59.1 Å². The molecule has 0 N–H and O–H groups in total. The van der Waals surface area contributed by atoms with Crippen molar-refractivity contribution in [3.63, 3.8) is 0 Å². The van der Waals surface area contributed by atoms with E-state index >= 15 is 0 Å². The van der Waals surface area contributed by atoms with Crippen LogP contribution in [0.15, 0.2) is 0 Å². The van der Waals surface area contributed by atoms with E-state index in [0.717, 1.165) is 5.33 Å². The van der Waals surface area contributed by atoms with E-state index in [1.807, 2.05) is 6.92 Å². The van der Waals surface area contributed by atoms with Crippen molar-refractivity contribution >= 4 is 26.1 Å². The van der Waals surface area contributed by atoms with Gasteiger partial charge >= 0.3 is 0 Å². The second-order valence-corrected chi connectivity index (χ2v) is 6.53. The van der Waals surface area contributed by atoms with Crippen molar-refractivity contribution in [3.05, 3.63) is 0 Å². The summed E-state index contributed by atoms with van der Waals surface area (Å²) in [5.41, 5.74) is 0. The molecule has 0 unspecified atom stereocenters. The molecule has 0 radical (unpaired) electrons. The summed E-state index contributed by atoms with van der Waals surface area (Å²) in [6.45, 7) is 5.50. The molecule has 6 nitrogen and oxygen atoms in total. The SMILES string of the molecule is CCN(CCOCCBr)S(=O)(=O)N1CCOCC1. The molecule has 0 saturated carbocycles. The summed E-state index contributed by atoms with van der Waals surface area (Å²) in [5.74, 6) is 0. The Morgan fingerprint density at radius 3 is 2.56 bits per heavy atom. The molecule has 0 atom stereocenters. The van der Waals surface area contributed by atoms with Gasteiger partial charge < -0.3 is 9.47 Å². The van der Waals surface area contributed by atoms with Crippen molar-refractivity contribution in [2.45, 2.75) is 6.92 Å². The number of nitrogens with zero attached hydrogens (tertiary/aromatic N) is 2. The van der Waals surface area contributed by atoms with Crippen molar-refractivity contribution < 1.29 is 17.9 Å². The number of halogens is 1. The van der Waals surface area contributed by atoms with E-state index < -0.39 is 10.2 Å². The van der Waals surface area contributed by atoms with Crippen molar-refractivity contribution in [3.8, 4) is 0 Å². The first-order valence-corrected chi connectivity index (χ1v) is 8.61. The van der Waals surface area contributed by atoms with Crippen LogP contribution in [-0.2, 0) is 19.7 Å². The fourth-order valence-electron chi connectivity index (χ4n) is 1.70. The highest BCUT2D eigenvalue weighted by Crippen LogP contribution is 2.10. The summed E-state index contributed by atoms with van der Waals surface area (Å²) in [5, 5.41) is 0.759. The zero-order valence-corrected chi connectivity index (χ0v) is 13.1. The molecule has 0 spiro atoms. The third-order valence-corrected chi connectivity index (χ3v) is 5.12. The molecule has 1 heterocycles. The van der Waals surface area contributed by atoms with Crippen molar-refractivity contribution in [1.82, 2.24) is 8.61 Å². The predicted octanol–water partition coefficient (Wildman–Crippen LogP) is 0.297. The zero-order valence-electron chi connectivity index (χ0n) is 10.7. The summed E-state index contributed by atoms with van der Waals surface area (Å²) < 4.78 is 38.0. The van der Waals surface area contributed by atoms with Crippen LogP contribution in [0.3, 0.4) is 0 Å². The summed E-state index contributed by atoms with van der Waals surface area (Å²) in [7, 11) is -3.37. The van der Waals surface area contributed by atoms with Crippen LogP contribution in [0.25, 0.3) is 0 Å². The van der Waals surface area contributed by atoms with Gasteiger partial charge in [0.05, 0.1) is 26.4 Å². The number of hydrogen-bond acceptors (Lipinski definition) is 4. The molecule has 8 heteroatoms. The maximum atomic E-state index is 12.3. The monoisotopic (exact) mass is 344 g/mol. The van der Waals surface area contributed by atoms with Crippen LogP contribution in [-0.4, -0.2) is 75.0 Å². The van der Waals surface area contributed by atoms with Gasteiger partial charge in [-0.25, -0.2) is 0 Å². The fourth-order valence-corrected chi connectivity index (χ4v) is 3.50. The quantitative estimate of drug-likeness (QED) is 0.469. The minimum absolute atomic E-state index is 0.392. The maximum absolute atomic E-state index is 12.3. The lowest BCUT2D eigenvalue weighted by Crippen LogP contribution is -2.49. The van der Waals surface area contributed by atoms with E-state index in [2.05, 4.69) is 15.9 Å². The number of likely N-dealkylation sites (N-methyl/N-ethyl adjacent to an activating group) is 1. The molecular formula is C10H21BrN2O4S. The second-order valence-electron chi connectivity index (χ2n) is 3.81. The van der Waals surface area contributed by atoms with E-state index in [4.69, 9.17) is 9.47 Å². The Kier molecular flexibility index (Phi) is 7.66. The van der Waals surface area contributed by atoms with E-state index in [1.54, 1.807) is 0 Å². The third kappa shape index (κ3) is 4.75. The van der Waals surface area contributed by atoms with Gasteiger partial charge in [0, 0.05) is 31.5 Å². The molecule has 0 aromatic rings. The lowest BCUT2D eigenvalue weighted by Gasteiger charge is -2.31. The van der Waals surface area contributed by atoms with Crippen LogP contribution >= 0.6 is 15.9 Å². The molecule has 1 aliphatic heterocycles. The molecule has 108 valence electrons. The largest absolute Gasteiger partial charge is 0.379 e. The van der Waals surface area contributed by atoms with Gasteiger partial charge in [-0.15, -0.1) is 0 Å². The van der Waals surface area contributed by atoms with Crippen LogP contribution in [0, 0.1) is 0 Å².